The molecule has 0 atom stereocenters. The molecule has 1 N–H and O–H groups in total. The van der Waals surface area contributed by atoms with Crippen LogP contribution in [0.2, 0.25) is 0 Å². The number of anilines is 1. The molecule has 0 aromatic carbocycles. The van der Waals surface area contributed by atoms with E-state index in [1.807, 2.05) is 0 Å². The van der Waals surface area contributed by atoms with Crippen molar-refractivity contribution in [2.75, 3.05) is 19.3 Å². The van der Waals surface area contributed by atoms with Gasteiger partial charge in [0, 0.05) is 19.2 Å². The van der Waals surface area contributed by atoms with Crippen LogP contribution >= 0.6 is 15.9 Å². The zero-order chi connectivity index (χ0) is 19.6. The number of hydrogen-bond acceptors (Lipinski definition) is 4. The fraction of sp³-hybridized carbons (Fsp3) is 0.538. The maximum Gasteiger partial charge on any atom is 0.413 e. The van der Waals surface area contributed by atoms with E-state index in [2.05, 4.69) is 26.2 Å². The molecular formula is C13H20BrN3O2. The number of aromatic nitrogens is 1. The summed E-state index contributed by atoms with van der Waals surface area (Å²) in [5.41, 5.74) is -0.539. The van der Waals surface area contributed by atoms with Gasteiger partial charge in [0.25, 0.3) is 0 Å². The number of ether oxygens (including phenoxy) is 1. The highest BCUT2D eigenvalue weighted by atomic mass is 79.9. The van der Waals surface area contributed by atoms with Crippen LogP contribution in [0, 0.1) is 0 Å². The van der Waals surface area contributed by atoms with Crippen molar-refractivity contribution >= 4 is 27.8 Å². The molecular weight excluding hydrogens is 310 g/mol. The predicted molar refractivity (Wildman–Crippen MR) is 79.2 cm³/mol. The Morgan fingerprint density at radius 3 is 2.79 bits per heavy atom. The van der Waals surface area contributed by atoms with Crippen LogP contribution < -0.4 is 5.32 Å². The molecule has 0 saturated heterocycles. The Morgan fingerprint density at radius 1 is 1.53 bits per heavy atom. The number of carbonyl (C=O) groups excluding carboxylic acids is 1. The number of nitrogens with one attached hydrogen (secondary N) is 1. The number of hydrogen-bond donors (Lipinski definition) is 1. The molecule has 0 saturated carbocycles. The van der Waals surface area contributed by atoms with Gasteiger partial charge in [-0.05, 0) is 62.8 Å². The summed E-state index contributed by atoms with van der Waals surface area (Å²) >= 11 is 3.21. The van der Waals surface area contributed by atoms with Crippen molar-refractivity contribution in [2.45, 2.75) is 32.9 Å². The molecule has 0 aliphatic carbocycles. The summed E-state index contributed by atoms with van der Waals surface area (Å²) in [5, 5.41) is 2.42. The summed E-state index contributed by atoms with van der Waals surface area (Å²) < 4.78 is 49.9. The van der Waals surface area contributed by atoms with Crippen molar-refractivity contribution in [1.82, 2.24) is 9.88 Å². The van der Waals surface area contributed by atoms with E-state index in [9.17, 15) is 4.79 Å². The van der Waals surface area contributed by atoms with Gasteiger partial charge < -0.3 is 9.64 Å². The monoisotopic (exact) mass is 335 g/mol. The molecule has 1 heterocycles. The van der Waals surface area contributed by atoms with Crippen molar-refractivity contribution < 1.29 is 17.8 Å². The zero-order valence-electron chi connectivity index (χ0n) is 17.0. The number of rotatable bonds is 3. The van der Waals surface area contributed by atoms with E-state index in [1.165, 1.54) is 12.1 Å². The minimum Gasteiger partial charge on any atom is -0.444 e. The maximum absolute atomic E-state index is 11.8. The third kappa shape index (κ3) is 6.02. The molecule has 1 amide bonds. The Morgan fingerprint density at radius 2 is 2.21 bits per heavy atom. The molecule has 1 aromatic heterocycles. The van der Waals surface area contributed by atoms with Crippen molar-refractivity contribution in [3.05, 3.63) is 22.3 Å². The lowest BCUT2D eigenvalue weighted by molar-refractivity contribution is 0.0635. The van der Waals surface area contributed by atoms with Crippen molar-refractivity contribution in [3.8, 4) is 0 Å². The summed E-state index contributed by atoms with van der Waals surface area (Å²) in [5.74, 6) is 0.114. The molecule has 1 aromatic rings. The smallest absolute Gasteiger partial charge is 0.413 e. The van der Waals surface area contributed by atoms with Crippen LogP contribution in [-0.4, -0.2) is 35.5 Å². The summed E-state index contributed by atoms with van der Waals surface area (Å²) in [7, 11) is 0. The maximum atomic E-state index is 11.8. The molecule has 0 aliphatic heterocycles. The number of nitrogens with zero attached hydrogens (tertiary/aromatic N) is 2. The molecule has 106 valence electrons. The van der Waals surface area contributed by atoms with Gasteiger partial charge >= 0.3 is 6.09 Å². The van der Waals surface area contributed by atoms with Crippen molar-refractivity contribution in [2.24, 2.45) is 0 Å². The van der Waals surface area contributed by atoms with Crippen LogP contribution in [0.4, 0.5) is 10.6 Å². The second-order valence-electron chi connectivity index (χ2n) is 4.84. The molecule has 5 nitrogen and oxygen atoms in total. The first-order valence-electron chi connectivity index (χ1n) is 8.53. The Kier molecular flexibility index (Phi) is 2.98. The fourth-order valence-electron chi connectivity index (χ4n) is 1.22. The fourth-order valence-corrected chi connectivity index (χ4v) is 1.57. The van der Waals surface area contributed by atoms with Crippen LogP contribution in [0.15, 0.2) is 16.6 Å². The van der Waals surface area contributed by atoms with Crippen LogP contribution in [0.5, 0.6) is 0 Å². The second-order valence-corrected chi connectivity index (χ2v) is 5.69. The van der Waals surface area contributed by atoms with Gasteiger partial charge in [-0.1, -0.05) is 0 Å². The normalized spacial score (nSPS) is 17.5. The molecule has 6 heteroatoms. The third-order valence-electron chi connectivity index (χ3n) is 1.86. The van der Waals surface area contributed by atoms with Crippen molar-refractivity contribution in [1.29, 1.82) is 0 Å². The van der Waals surface area contributed by atoms with Gasteiger partial charge in [0.15, 0.2) is 0 Å². The summed E-state index contributed by atoms with van der Waals surface area (Å²) in [4.78, 5) is 16.3. The molecule has 0 bridgehead atoms. The lowest BCUT2D eigenvalue weighted by Crippen LogP contribution is -2.27. The van der Waals surface area contributed by atoms with Crippen LogP contribution in [0.3, 0.4) is 0 Å². The molecule has 0 radical (unpaired) electrons. The molecule has 0 unspecified atom stereocenters. The van der Waals surface area contributed by atoms with Gasteiger partial charge in [-0.25, -0.2) is 9.78 Å². The van der Waals surface area contributed by atoms with E-state index >= 15 is 0 Å². The summed E-state index contributed by atoms with van der Waals surface area (Å²) in [6.45, 7) is -1.01. The van der Waals surface area contributed by atoms with E-state index < -0.39 is 32.2 Å². The zero-order valence-corrected chi connectivity index (χ0v) is 12.5. The highest BCUT2D eigenvalue weighted by Crippen LogP contribution is 2.19. The van der Waals surface area contributed by atoms with Gasteiger partial charge in [-0.15, -0.1) is 0 Å². The number of pyridine rings is 1. The van der Waals surface area contributed by atoms with Gasteiger partial charge in [0.1, 0.15) is 11.4 Å². The Bertz CT molecular complexity index is 614. The quantitative estimate of drug-likeness (QED) is 0.921. The summed E-state index contributed by atoms with van der Waals surface area (Å²) in [6.07, 6.45) is -0.725. The van der Waals surface area contributed by atoms with E-state index in [-0.39, 0.29) is 11.5 Å². The molecule has 0 aliphatic rings. The largest absolute Gasteiger partial charge is 0.444 e. The lowest BCUT2D eigenvalue weighted by atomic mass is 10.2. The highest BCUT2D eigenvalue weighted by Gasteiger charge is 2.17. The van der Waals surface area contributed by atoms with E-state index in [0.717, 1.165) is 0 Å². The standard InChI is InChI=1S/C13H20BrN3O2/c1-13(2,3)19-12(18)16-11-7-6-9(14)10(15-11)8-17(4)5/h6-7H,8H2,1-5H3,(H,15,16,18)/i4D3,5D3. The number of carbonyl (C=O) groups is 1. The molecule has 1 rings (SSSR count). The minimum atomic E-state index is -2.83. The average Bonchev–Trinajstić information content (AvgIpc) is 2.34. The Hall–Kier alpha value is -1.14. The van der Waals surface area contributed by atoms with Gasteiger partial charge in [-0.3, -0.25) is 5.32 Å². The van der Waals surface area contributed by atoms with Crippen LogP contribution in [-0.2, 0) is 11.3 Å². The molecule has 0 spiro atoms. The topological polar surface area (TPSA) is 54.5 Å². The Balaban J connectivity index is 3.03. The first-order chi connectivity index (χ1) is 11.1. The highest BCUT2D eigenvalue weighted by molar-refractivity contribution is 9.10. The SMILES string of the molecule is [2H]C([2H])([2H])N(Cc1nc(NC(=O)OC(C)(C)C)ccc1Br)C([2H])([2H])[2H]. The van der Waals surface area contributed by atoms with Crippen LogP contribution in [0.1, 0.15) is 34.7 Å². The molecule has 0 fully saturated rings. The van der Waals surface area contributed by atoms with Crippen molar-refractivity contribution in [3.63, 3.8) is 0 Å². The van der Waals surface area contributed by atoms with E-state index in [0.29, 0.717) is 9.37 Å². The van der Waals surface area contributed by atoms with Gasteiger partial charge in [0.2, 0.25) is 0 Å². The minimum absolute atomic E-state index is 0.114. The van der Waals surface area contributed by atoms with Crippen LogP contribution in [0.25, 0.3) is 0 Å². The van der Waals surface area contributed by atoms with Gasteiger partial charge in [0.05, 0.1) is 5.69 Å². The number of amides is 1. The first kappa shape index (κ1) is 8.92. The van der Waals surface area contributed by atoms with E-state index in [1.54, 1.807) is 20.8 Å². The Labute approximate surface area is 130 Å². The average molecular weight is 336 g/mol. The second kappa shape index (κ2) is 6.34. The predicted octanol–water partition coefficient (Wildman–Crippen LogP) is 3.25. The lowest BCUT2D eigenvalue weighted by Gasteiger charge is -2.19. The van der Waals surface area contributed by atoms with E-state index in [4.69, 9.17) is 13.0 Å². The third-order valence-corrected chi connectivity index (χ3v) is 2.58. The number of halogens is 1. The van der Waals surface area contributed by atoms with Gasteiger partial charge in [-0.2, -0.15) is 0 Å². The molecule has 19 heavy (non-hydrogen) atoms. The first-order valence-corrected chi connectivity index (χ1v) is 6.32. The summed E-state index contributed by atoms with van der Waals surface area (Å²) in [6, 6.07) is 3.01.